The van der Waals surface area contributed by atoms with E-state index in [1.807, 2.05) is 6.07 Å². The molecular formula is C15H23Cl2N3. The fraction of sp³-hybridized carbons (Fsp3) is 0.600. The number of benzene rings is 1. The van der Waals surface area contributed by atoms with Crippen LogP contribution in [0.2, 0.25) is 5.02 Å². The van der Waals surface area contributed by atoms with Gasteiger partial charge in [-0.2, -0.15) is 0 Å². The highest BCUT2D eigenvalue weighted by atomic mass is 35.5. The SMILES string of the molecule is CN1CCN(CC2CCCNC2)c2cc(Cl)ccc21.Cl. The second kappa shape index (κ2) is 6.88. The molecule has 2 aliphatic heterocycles. The monoisotopic (exact) mass is 315 g/mol. The van der Waals surface area contributed by atoms with E-state index in [0.29, 0.717) is 0 Å². The number of nitrogens with one attached hydrogen (secondary N) is 1. The lowest BCUT2D eigenvalue weighted by Gasteiger charge is -2.39. The molecule has 1 unspecified atom stereocenters. The van der Waals surface area contributed by atoms with Gasteiger partial charge in [-0.05, 0) is 50.0 Å². The number of nitrogens with zero attached hydrogens (tertiary/aromatic N) is 2. The quantitative estimate of drug-likeness (QED) is 0.905. The molecule has 1 atom stereocenters. The van der Waals surface area contributed by atoms with Crippen LogP contribution in [-0.2, 0) is 0 Å². The largest absolute Gasteiger partial charge is 0.371 e. The molecule has 20 heavy (non-hydrogen) atoms. The molecule has 112 valence electrons. The van der Waals surface area contributed by atoms with Gasteiger partial charge in [0.15, 0.2) is 0 Å². The van der Waals surface area contributed by atoms with Gasteiger partial charge >= 0.3 is 0 Å². The first kappa shape index (κ1) is 15.7. The van der Waals surface area contributed by atoms with Gasteiger partial charge in [0.1, 0.15) is 0 Å². The molecule has 0 saturated carbocycles. The first-order valence-electron chi connectivity index (χ1n) is 7.20. The van der Waals surface area contributed by atoms with Crippen LogP contribution in [0.1, 0.15) is 12.8 Å². The van der Waals surface area contributed by atoms with Gasteiger partial charge in [0.05, 0.1) is 11.4 Å². The summed E-state index contributed by atoms with van der Waals surface area (Å²) in [5, 5.41) is 4.34. The number of hydrogen-bond acceptors (Lipinski definition) is 3. The Kier molecular flexibility index (Phi) is 5.42. The summed E-state index contributed by atoms with van der Waals surface area (Å²) in [5.74, 6) is 0.768. The van der Waals surface area contributed by atoms with Crippen LogP contribution in [0.15, 0.2) is 18.2 Å². The van der Waals surface area contributed by atoms with E-state index < -0.39 is 0 Å². The lowest BCUT2D eigenvalue weighted by Crippen LogP contribution is -2.44. The van der Waals surface area contributed by atoms with Gasteiger partial charge in [-0.15, -0.1) is 12.4 Å². The summed E-state index contributed by atoms with van der Waals surface area (Å²) in [7, 11) is 2.16. The second-order valence-corrected chi connectivity index (χ2v) is 6.15. The molecule has 1 fully saturated rings. The molecule has 0 spiro atoms. The standard InChI is InChI=1S/C15H22ClN3.ClH/c1-18-7-8-19(11-12-3-2-6-17-10-12)15-9-13(16)4-5-14(15)18;/h4-5,9,12,17H,2-3,6-8,10-11H2,1H3;1H. The smallest absolute Gasteiger partial charge is 0.0619 e. The normalized spacial score (nSPS) is 22.2. The predicted molar refractivity (Wildman–Crippen MR) is 89.8 cm³/mol. The van der Waals surface area contributed by atoms with Crippen LogP contribution in [0, 0.1) is 5.92 Å². The van der Waals surface area contributed by atoms with Crippen molar-refractivity contribution in [3.8, 4) is 0 Å². The van der Waals surface area contributed by atoms with Crippen molar-refractivity contribution in [1.29, 1.82) is 0 Å². The minimum Gasteiger partial charge on any atom is -0.371 e. The minimum atomic E-state index is 0. The van der Waals surface area contributed by atoms with Crippen LogP contribution in [-0.4, -0.2) is 39.8 Å². The summed E-state index contributed by atoms with van der Waals surface area (Å²) in [5.41, 5.74) is 2.60. The predicted octanol–water partition coefficient (Wildman–Crippen LogP) is 3.02. The summed E-state index contributed by atoms with van der Waals surface area (Å²) >= 11 is 6.17. The number of halogens is 2. The van der Waals surface area contributed by atoms with Gasteiger partial charge in [0.25, 0.3) is 0 Å². The van der Waals surface area contributed by atoms with E-state index >= 15 is 0 Å². The van der Waals surface area contributed by atoms with Crippen molar-refractivity contribution in [1.82, 2.24) is 5.32 Å². The molecule has 0 aromatic heterocycles. The molecule has 1 N–H and O–H groups in total. The zero-order valence-corrected chi connectivity index (χ0v) is 13.5. The lowest BCUT2D eigenvalue weighted by atomic mass is 9.98. The Hall–Kier alpha value is -0.640. The third kappa shape index (κ3) is 3.33. The van der Waals surface area contributed by atoms with E-state index in [-0.39, 0.29) is 12.4 Å². The molecule has 3 rings (SSSR count). The Morgan fingerprint density at radius 2 is 2.15 bits per heavy atom. The summed E-state index contributed by atoms with van der Waals surface area (Å²) in [6.45, 7) is 5.67. The van der Waals surface area contributed by atoms with Gasteiger partial charge in [0.2, 0.25) is 0 Å². The highest BCUT2D eigenvalue weighted by Crippen LogP contribution is 2.35. The van der Waals surface area contributed by atoms with Gasteiger partial charge in [-0.3, -0.25) is 0 Å². The third-order valence-electron chi connectivity index (χ3n) is 4.27. The maximum Gasteiger partial charge on any atom is 0.0619 e. The summed E-state index contributed by atoms with van der Waals surface area (Å²) in [6, 6.07) is 6.24. The van der Waals surface area contributed by atoms with Crippen LogP contribution in [0.25, 0.3) is 0 Å². The fourth-order valence-corrected chi connectivity index (χ4v) is 3.33. The number of likely N-dealkylation sites (N-methyl/N-ethyl adjacent to an activating group) is 1. The molecule has 0 bridgehead atoms. The Balaban J connectivity index is 0.00000147. The van der Waals surface area contributed by atoms with Crippen molar-refractivity contribution >= 4 is 35.4 Å². The maximum absolute atomic E-state index is 6.17. The lowest BCUT2D eigenvalue weighted by molar-refractivity contribution is 0.376. The summed E-state index contributed by atoms with van der Waals surface area (Å²) in [6.07, 6.45) is 2.65. The van der Waals surface area contributed by atoms with Crippen LogP contribution in [0.3, 0.4) is 0 Å². The number of anilines is 2. The van der Waals surface area contributed by atoms with Crippen molar-refractivity contribution in [2.75, 3.05) is 49.6 Å². The molecule has 0 aliphatic carbocycles. The molecule has 0 radical (unpaired) electrons. The number of rotatable bonds is 2. The average molecular weight is 316 g/mol. The zero-order chi connectivity index (χ0) is 13.2. The summed E-state index contributed by atoms with van der Waals surface area (Å²) in [4.78, 5) is 4.83. The molecule has 1 aromatic rings. The van der Waals surface area contributed by atoms with E-state index in [0.717, 1.165) is 37.1 Å². The van der Waals surface area contributed by atoms with Crippen molar-refractivity contribution in [2.24, 2.45) is 5.92 Å². The van der Waals surface area contributed by atoms with E-state index in [1.54, 1.807) is 0 Å². The fourth-order valence-electron chi connectivity index (χ4n) is 3.17. The van der Waals surface area contributed by atoms with Crippen LogP contribution in [0.4, 0.5) is 11.4 Å². The van der Waals surface area contributed by atoms with E-state index in [4.69, 9.17) is 11.6 Å². The Morgan fingerprint density at radius 3 is 2.90 bits per heavy atom. The van der Waals surface area contributed by atoms with Crippen LogP contribution in [0.5, 0.6) is 0 Å². The van der Waals surface area contributed by atoms with Crippen molar-refractivity contribution < 1.29 is 0 Å². The second-order valence-electron chi connectivity index (χ2n) is 5.71. The van der Waals surface area contributed by atoms with Crippen LogP contribution >= 0.6 is 24.0 Å². The summed E-state index contributed by atoms with van der Waals surface area (Å²) < 4.78 is 0. The number of hydrogen-bond donors (Lipinski definition) is 1. The topological polar surface area (TPSA) is 18.5 Å². The molecule has 1 aromatic carbocycles. The molecule has 2 aliphatic rings. The third-order valence-corrected chi connectivity index (χ3v) is 4.51. The molecule has 5 heteroatoms. The highest BCUT2D eigenvalue weighted by molar-refractivity contribution is 6.31. The first-order chi connectivity index (χ1) is 9.24. The molecular weight excluding hydrogens is 293 g/mol. The highest BCUT2D eigenvalue weighted by Gasteiger charge is 2.23. The average Bonchev–Trinajstić information content (AvgIpc) is 2.43. The minimum absolute atomic E-state index is 0. The van der Waals surface area contributed by atoms with E-state index in [9.17, 15) is 0 Å². The van der Waals surface area contributed by atoms with Gasteiger partial charge in [0, 0.05) is 31.7 Å². The zero-order valence-electron chi connectivity index (χ0n) is 11.9. The number of piperidine rings is 1. The molecule has 2 heterocycles. The van der Waals surface area contributed by atoms with Crippen molar-refractivity contribution in [3.63, 3.8) is 0 Å². The molecule has 0 amide bonds. The van der Waals surface area contributed by atoms with Gasteiger partial charge < -0.3 is 15.1 Å². The Labute approximate surface area is 132 Å². The number of fused-ring (bicyclic) bond motifs is 1. The van der Waals surface area contributed by atoms with Gasteiger partial charge in [-0.25, -0.2) is 0 Å². The maximum atomic E-state index is 6.17. The van der Waals surface area contributed by atoms with Crippen LogP contribution < -0.4 is 15.1 Å². The molecule has 1 saturated heterocycles. The van der Waals surface area contributed by atoms with Crippen molar-refractivity contribution in [3.05, 3.63) is 23.2 Å². The van der Waals surface area contributed by atoms with E-state index in [1.165, 1.54) is 30.8 Å². The molecule has 3 nitrogen and oxygen atoms in total. The first-order valence-corrected chi connectivity index (χ1v) is 7.58. The Morgan fingerprint density at radius 1 is 1.30 bits per heavy atom. The Bertz CT molecular complexity index is 447. The van der Waals surface area contributed by atoms with Gasteiger partial charge in [-0.1, -0.05) is 11.6 Å². The van der Waals surface area contributed by atoms with Crippen molar-refractivity contribution in [2.45, 2.75) is 12.8 Å². The van der Waals surface area contributed by atoms with E-state index in [2.05, 4.69) is 34.3 Å².